The molecule has 0 aliphatic carbocycles. The summed E-state index contributed by atoms with van der Waals surface area (Å²) in [6, 6.07) is 0. The molecule has 0 aliphatic heterocycles. The molecule has 0 unspecified atom stereocenters. The fourth-order valence-corrected chi connectivity index (χ4v) is 2.29. The number of hydrogen-bond acceptors (Lipinski definition) is 6. The summed E-state index contributed by atoms with van der Waals surface area (Å²) in [5.41, 5.74) is 5.54. The first-order valence-corrected chi connectivity index (χ1v) is 6.09. The first-order chi connectivity index (χ1) is 7.72. The molecule has 0 radical (unpaired) electrons. The molecule has 0 amide bonds. The number of unbranched alkanes of at least 4 members (excludes halogenated alkanes) is 1. The topological polar surface area (TPSA) is 70.3 Å². The molecule has 1 rings (SSSR count). The van der Waals surface area contributed by atoms with E-state index in [-0.39, 0.29) is 5.95 Å². The fraction of sp³-hybridized carbons (Fsp3) is 0.600. The highest BCUT2D eigenvalue weighted by atomic mass is 32.2. The SMILES string of the molecule is CCCCSc1c(OC)nc(N)nc1OC. The molecule has 5 nitrogen and oxygen atoms in total. The highest BCUT2D eigenvalue weighted by Crippen LogP contribution is 2.35. The number of anilines is 1. The minimum Gasteiger partial charge on any atom is -0.480 e. The molecule has 0 spiro atoms. The van der Waals surface area contributed by atoms with Crippen LogP contribution in [0.5, 0.6) is 11.8 Å². The predicted octanol–water partition coefficient (Wildman–Crippen LogP) is 1.97. The molecule has 0 aromatic carbocycles. The Bertz CT molecular complexity index is 322. The van der Waals surface area contributed by atoms with Crippen LogP contribution >= 0.6 is 11.8 Å². The van der Waals surface area contributed by atoms with Gasteiger partial charge in [-0.05, 0) is 12.2 Å². The van der Waals surface area contributed by atoms with E-state index >= 15 is 0 Å². The van der Waals surface area contributed by atoms with Gasteiger partial charge in [0.05, 0.1) is 14.2 Å². The second-order valence-electron chi connectivity index (χ2n) is 3.13. The molecule has 0 fully saturated rings. The summed E-state index contributed by atoms with van der Waals surface area (Å²) < 4.78 is 10.3. The zero-order valence-corrected chi connectivity index (χ0v) is 10.6. The molecule has 90 valence electrons. The highest BCUT2D eigenvalue weighted by molar-refractivity contribution is 7.99. The number of thioether (sulfide) groups is 1. The Morgan fingerprint density at radius 3 is 2.19 bits per heavy atom. The van der Waals surface area contributed by atoms with E-state index < -0.39 is 0 Å². The summed E-state index contributed by atoms with van der Waals surface area (Å²) >= 11 is 1.63. The summed E-state index contributed by atoms with van der Waals surface area (Å²) in [5.74, 6) is 2.10. The normalized spacial score (nSPS) is 10.2. The summed E-state index contributed by atoms with van der Waals surface area (Å²) in [6.07, 6.45) is 2.27. The van der Waals surface area contributed by atoms with Crippen molar-refractivity contribution in [1.82, 2.24) is 9.97 Å². The van der Waals surface area contributed by atoms with Crippen molar-refractivity contribution in [3.05, 3.63) is 0 Å². The predicted molar refractivity (Wildman–Crippen MR) is 65.2 cm³/mol. The number of hydrogen-bond donors (Lipinski definition) is 1. The van der Waals surface area contributed by atoms with Gasteiger partial charge in [-0.3, -0.25) is 0 Å². The maximum atomic E-state index is 5.54. The van der Waals surface area contributed by atoms with Crippen LogP contribution in [0.15, 0.2) is 4.90 Å². The Balaban J connectivity index is 2.93. The van der Waals surface area contributed by atoms with E-state index in [1.165, 1.54) is 0 Å². The van der Waals surface area contributed by atoms with Crippen molar-refractivity contribution in [2.45, 2.75) is 24.7 Å². The molecule has 0 saturated heterocycles. The Morgan fingerprint density at radius 2 is 1.75 bits per heavy atom. The number of ether oxygens (including phenoxy) is 2. The molecular weight excluding hydrogens is 226 g/mol. The number of nitrogens with zero attached hydrogens (tertiary/aromatic N) is 2. The van der Waals surface area contributed by atoms with Gasteiger partial charge in [-0.15, -0.1) is 11.8 Å². The maximum absolute atomic E-state index is 5.54. The average Bonchev–Trinajstić information content (AvgIpc) is 2.30. The van der Waals surface area contributed by atoms with E-state index in [0.717, 1.165) is 23.5 Å². The standard InChI is InChI=1S/C10H17N3O2S/c1-4-5-6-16-7-8(14-2)12-10(11)13-9(7)15-3/h4-6H2,1-3H3,(H2,11,12,13). The van der Waals surface area contributed by atoms with Crippen molar-refractivity contribution in [3.63, 3.8) is 0 Å². The smallest absolute Gasteiger partial charge is 0.236 e. The lowest BCUT2D eigenvalue weighted by atomic mass is 10.4. The van der Waals surface area contributed by atoms with E-state index in [1.807, 2.05) is 0 Å². The number of aromatic nitrogens is 2. The average molecular weight is 243 g/mol. The molecule has 6 heteroatoms. The largest absolute Gasteiger partial charge is 0.480 e. The molecule has 2 N–H and O–H groups in total. The van der Waals surface area contributed by atoms with Crippen LogP contribution in [-0.4, -0.2) is 29.9 Å². The van der Waals surface area contributed by atoms with E-state index in [4.69, 9.17) is 15.2 Å². The Kier molecular flexibility index (Phi) is 5.18. The lowest BCUT2D eigenvalue weighted by Gasteiger charge is -2.10. The lowest BCUT2D eigenvalue weighted by Crippen LogP contribution is -2.02. The summed E-state index contributed by atoms with van der Waals surface area (Å²) in [6.45, 7) is 2.15. The van der Waals surface area contributed by atoms with Crippen molar-refractivity contribution in [2.75, 3.05) is 25.7 Å². The highest BCUT2D eigenvalue weighted by Gasteiger charge is 2.15. The van der Waals surface area contributed by atoms with Crippen LogP contribution in [0, 0.1) is 0 Å². The minimum atomic E-state index is 0.161. The summed E-state index contributed by atoms with van der Waals surface area (Å²) in [4.78, 5) is 8.86. The van der Waals surface area contributed by atoms with E-state index in [0.29, 0.717) is 11.8 Å². The molecule has 1 aromatic heterocycles. The summed E-state index contributed by atoms with van der Waals surface area (Å²) in [7, 11) is 3.12. The van der Waals surface area contributed by atoms with E-state index in [2.05, 4.69) is 16.9 Å². The molecule has 0 aliphatic rings. The van der Waals surface area contributed by atoms with Crippen LogP contribution in [0.1, 0.15) is 19.8 Å². The van der Waals surface area contributed by atoms with Gasteiger partial charge in [-0.25, -0.2) is 0 Å². The molecular formula is C10H17N3O2S. The zero-order valence-electron chi connectivity index (χ0n) is 9.82. The number of nitrogens with two attached hydrogens (primary N) is 1. The number of rotatable bonds is 6. The molecule has 0 bridgehead atoms. The second-order valence-corrected chi connectivity index (χ2v) is 4.24. The van der Waals surface area contributed by atoms with Gasteiger partial charge >= 0.3 is 0 Å². The first kappa shape index (κ1) is 12.9. The lowest BCUT2D eigenvalue weighted by molar-refractivity contribution is 0.354. The molecule has 16 heavy (non-hydrogen) atoms. The van der Waals surface area contributed by atoms with Crippen molar-refractivity contribution >= 4 is 17.7 Å². The van der Waals surface area contributed by atoms with Crippen molar-refractivity contribution in [3.8, 4) is 11.8 Å². The maximum Gasteiger partial charge on any atom is 0.236 e. The molecule has 1 heterocycles. The molecule has 0 saturated carbocycles. The Morgan fingerprint density at radius 1 is 1.19 bits per heavy atom. The van der Waals surface area contributed by atoms with Gasteiger partial charge in [0.2, 0.25) is 17.7 Å². The second kappa shape index (κ2) is 6.42. The van der Waals surface area contributed by atoms with Crippen molar-refractivity contribution < 1.29 is 9.47 Å². The van der Waals surface area contributed by atoms with Crippen LogP contribution in [0.2, 0.25) is 0 Å². The number of nitrogen functional groups attached to an aromatic ring is 1. The van der Waals surface area contributed by atoms with Crippen LogP contribution < -0.4 is 15.2 Å². The van der Waals surface area contributed by atoms with Crippen LogP contribution in [0.4, 0.5) is 5.95 Å². The van der Waals surface area contributed by atoms with E-state index in [1.54, 1.807) is 26.0 Å². The third-order valence-electron chi connectivity index (χ3n) is 1.95. The molecule has 0 atom stereocenters. The van der Waals surface area contributed by atoms with Gasteiger partial charge in [-0.2, -0.15) is 9.97 Å². The minimum absolute atomic E-state index is 0.161. The van der Waals surface area contributed by atoms with Gasteiger partial charge < -0.3 is 15.2 Å². The third-order valence-corrected chi connectivity index (χ3v) is 3.08. The Hall–Kier alpha value is -1.17. The fourth-order valence-electron chi connectivity index (χ4n) is 1.14. The van der Waals surface area contributed by atoms with Crippen molar-refractivity contribution in [2.24, 2.45) is 0 Å². The van der Waals surface area contributed by atoms with Gasteiger partial charge in [0.1, 0.15) is 4.90 Å². The zero-order chi connectivity index (χ0) is 12.0. The van der Waals surface area contributed by atoms with Gasteiger partial charge in [0.25, 0.3) is 0 Å². The quantitative estimate of drug-likeness (QED) is 0.608. The molecule has 1 aromatic rings. The van der Waals surface area contributed by atoms with Crippen LogP contribution in [0.25, 0.3) is 0 Å². The van der Waals surface area contributed by atoms with Crippen LogP contribution in [-0.2, 0) is 0 Å². The Labute approximate surface area is 99.8 Å². The van der Waals surface area contributed by atoms with Gasteiger partial charge in [0.15, 0.2) is 0 Å². The van der Waals surface area contributed by atoms with Gasteiger partial charge in [-0.1, -0.05) is 13.3 Å². The van der Waals surface area contributed by atoms with Crippen molar-refractivity contribution in [1.29, 1.82) is 0 Å². The third kappa shape index (κ3) is 3.16. The van der Waals surface area contributed by atoms with E-state index in [9.17, 15) is 0 Å². The monoisotopic (exact) mass is 243 g/mol. The van der Waals surface area contributed by atoms with Gasteiger partial charge in [0, 0.05) is 0 Å². The first-order valence-electron chi connectivity index (χ1n) is 5.11. The van der Waals surface area contributed by atoms with Crippen LogP contribution in [0.3, 0.4) is 0 Å². The summed E-state index contributed by atoms with van der Waals surface area (Å²) in [5, 5.41) is 0. The number of methoxy groups -OCH3 is 2.